The lowest BCUT2D eigenvalue weighted by Gasteiger charge is -2.26. The van der Waals surface area contributed by atoms with E-state index in [1.807, 2.05) is 54.3 Å². The first-order chi connectivity index (χ1) is 11.2. The third-order valence-corrected chi connectivity index (χ3v) is 4.03. The number of aryl methyl sites for hydroxylation is 1. The zero-order chi connectivity index (χ0) is 16.7. The van der Waals surface area contributed by atoms with Gasteiger partial charge in [0.2, 0.25) is 5.91 Å². The molecule has 0 atom stereocenters. The van der Waals surface area contributed by atoms with Gasteiger partial charge in [-0.25, -0.2) is 0 Å². The summed E-state index contributed by atoms with van der Waals surface area (Å²) in [6.07, 6.45) is 4.18. The molecule has 0 bridgehead atoms. The second kappa shape index (κ2) is 8.33. The van der Waals surface area contributed by atoms with E-state index in [9.17, 15) is 4.79 Å². The number of benzene rings is 2. The van der Waals surface area contributed by atoms with Crippen LogP contribution in [0.4, 0.5) is 5.69 Å². The molecule has 1 amide bonds. The summed E-state index contributed by atoms with van der Waals surface area (Å²) in [6.45, 7) is 8.63. The highest BCUT2D eigenvalue weighted by Gasteiger charge is 2.18. The molecule has 2 aromatic carbocycles. The van der Waals surface area contributed by atoms with Crippen LogP contribution in [-0.2, 0) is 17.8 Å². The van der Waals surface area contributed by atoms with Crippen molar-refractivity contribution in [2.24, 2.45) is 0 Å². The Hall–Kier alpha value is -2.35. The lowest BCUT2D eigenvalue weighted by atomic mass is 10.0. The second-order valence-electron chi connectivity index (χ2n) is 5.62. The predicted molar refractivity (Wildman–Crippen MR) is 98.5 cm³/mol. The predicted octanol–water partition coefficient (Wildman–Crippen LogP) is 5.23. The maximum atomic E-state index is 12.7. The molecule has 0 radical (unpaired) electrons. The van der Waals surface area contributed by atoms with Crippen LogP contribution in [0.5, 0.6) is 0 Å². The SMILES string of the molecule is C=Cc1ccccc1CN(C(=O)CCC)c1ccccc1CC. The zero-order valence-electron chi connectivity index (χ0n) is 14.1. The number of carbonyl (C=O) groups is 1. The number of carbonyl (C=O) groups excluding carboxylic acids is 1. The van der Waals surface area contributed by atoms with Crippen molar-refractivity contribution in [3.05, 3.63) is 71.8 Å². The molecule has 0 saturated carbocycles. The van der Waals surface area contributed by atoms with Crippen LogP contribution in [0.3, 0.4) is 0 Å². The van der Waals surface area contributed by atoms with E-state index in [4.69, 9.17) is 0 Å². The van der Waals surface area contributed by atoms with Crippen molar-refractivity contribution in [2.75, 3.05) is 4.90 Å². The molecule has 2 heteroatoms. The Morgan fingerprint density at radius 3 is 2.35 bits per heavy atom. The average molecular weight is 307 g/mol. The molecule has 0 aliphatic carbocycles. The molecule has 0 fully saturated rings. The number of hydrogen-bond donors (Lipinski definition) is 0. The molecular formula is C21H25NO. The standard InChI is InChI=1S/C21H25NO/c1-4-11-21(23)22(20-15-10-9-13-18(20)6-3)16-19-14-8-7-12-17(19)5-2/h5,7-10,12-15H,2,4,6,11,16H2,1,3H3. The maximum Gasteiger partial charge on any atom is 0.227 e. The minimum atomic E-state index is 0.173. The molecule has 0 heterocycles. The Morgan fingerprint density at radius 1 is 1.04 bits per heavy atom. The highest BCUT2D eigenvalue weighted by molar-refractivity contribution is 5.94. The Kier molecular flexibility index (Phi) is 6.16. The summed E-state index contributed by atoms with van der Waals surface area (Å²) in [6, 6.07) is 16.3. The van der Waals surface area contributed by atoms with E-state index in [1.54, 1.807) is 0 Å². The van der Waals surface area contributed by atoms with Gasteiger partial charge in [0.25, 0.3) is 0 Å². The molecule has 2 nitrogen and oxygen atoms in total. The minimum absolute atomic E-state index is 0.173. The first-order valence-corrected chi connectivity index (χ1v) is 8.29. The summed E-state index contributed by atoms with van der Waals surface area (Å²) in [7, 11) is 0. The fourth-order valence-corrected chi connectivity index (χ4v) is 2.78. The fourth-order valence-electron chi connectivity index (χ4n) is 2.78. The Balaban J connectivity index is 2.42. The van der Waals surface area contributed by atoms with Gasteiger partial charge in [-0.05, 0) is 35.6 Å². The van der Waals surface area contributed by atoms with E-state index in [0.717, 1.165) is 29.7 Å². The van der Waals surface area contributed by atoms with Crippen molar-refractivity contribution in [3.63, 3.8) is 0 Å². The number of para-hydroxylation sites is 1. The summed E-state index contributed by atoms with van der Waals surface area (Å²) < 4.78 is 0. The molecule has 0 aromatic heterocycles. The molecular weight excluding hydrogens is 282 g/mol. The summed E-state index contributed by atoms with van der Waals surface area (Å²) in [5.41, 5.74) is 4.42. The van der Waals surface area contributed by atoms with Crippen LogP contribution in [0.2, 0.25) is 0 Å². The number of nitrogens with zero attached hydrogens (tertiary/aromatic N) is 1. The van der Waals surface area contributed by atoms with Crippen molar-refractivity contribution in [1.82, 2.24) is 0 Å². The first-order valence-electron chi connectivity index (χ1n) is 8.29. The van der Waals surface area contributed by atoms with E-state index in [-0.39, 0.29) is 5.91 Å². The minimum Gasteiger partial charge on any atom is -0.308 e. The summed E-state index contributed by atoms with van der Waals surface area (Å²) >= 11 is 0. The van der Waals surface area contributed by atoms with Gasteiger partial charge in [-0.2, -0.15) is 0 Å². The Morgan fingerprint density at radius 2 is 1.70 bits per heavy atom. The van der Waals surface area contributed by atoms with Gasteiger partial charge in [0.15, 0.2) is 0 Å². The van der Waals surface area contributed by atoms with Crippen LogP contribution in [0.15, 0.2) is 55.1 Å². The highest BCUT2D eigenvalue weighted by atomic mass is 16.2. The monoisotopic (exact) mass is 307 g/mol. The Labute approximate surface area is 139 Å². The van der Waals surface area contributed by atoms with Crippen molar-refractivity contribution in [3.8, 4) is 0 Å². The summed E-state index contributed by atoms with van der Waals surface area (Å²) in [5.74, 6) is 0.173. The first kappa shape index (κ1) is 17.0. The molecule has 2 rings (SSSR count). The molecule has 2 aromatic rings. The van der Waals surface area contributed by atoms with E-state index in [1.165, 1.54) is 5.56 Å². The molecule has 0 unspecified atom stereocenters. The Bertz CT molecular complexity index is 675. The highest BCUT2D eigenvalue weighted by Crippen LogP contribution is 2.25. The number of hydrogen-bond acceptors (Lipinski definition) is 1. The molecule has 0 aliphatic rings. The quantitative estimate of drug-likeness (QED) is 0.686. The van der Waals surface area contributed by atoms with Crippen LogP contribution in [0.1, 0.15) is 43.4 Å². The van der Waals surface area contributed by atoms with E-state index in [0.29, 0.717) is 13.0 Å². The topological polar surface area (TPSA) is 20.3 Å². The van der Waals surface area contributed by atoms with Crippen molar-refractivity contribution in [2.45, 2.75) is 39.7 Å². The van der Waals surface area contributed by atoms with E-state index >= 15 is 0 Å². The maximum absolute atomic E-state index is 12.7. The van der Waals surface area contributed by atoms with Crippen molar-refractivity contribution < 1.29 is 4.79 Å². The summed E-state index contributed by atoms with van der Waals surface area (Å²) in [5, 5.41) is 0. The van der Waals surface area contributed by atoms with Crippen LogP contribution < -0.4 is 4.90 Å². The molecule has 120 valence electrons. The van der Waals surface area contributed by atoms with Crippen LogP contribution in [0.25, 0.3) is 6.08 Å². The van der Waals surface area contributed by atoms with E-state index in [2.05, 4.69) is 25.6 Å². The molecule has 0 saturated heterocycles. The van der Waals surface area contributed by atoms with Crippen LogP contribution in [0, 0.1) is 0 Å². The van der Waals surface area contributed by atoms with Gasteiger partial charge in [0, 0.05) is 12.1 Å². The number of anilines is 1. The molecule has 0 aliphatic heterocycles. The lowest BCUT2D eigenvalue weighted by Crippen LogP contribution is -2.31. The molecule has 0 N–H and O–H groups in total. The van der Waals surface area contributed by atoms with Gasteiger partial charge in [-0.3, -0.25) is 4.79 Å². The zero-order valence-corrected chi connectivity index (χ0v) is 14.1. The second-order valence-corrected chi connectivity index (χ2v) is 5.62. The van der Waals surface area contributed by atoms with Gasteiger partial charge in [0.1, 0.15) is 0 Å². The lowest BCUT2D eigenvalue weighted by molar-refractivity contribution is -0.118. The van der Waals surface area contributed by atoms with Gasteiger partial charge in [0.05, 0.1) is 6.54 Å². The largest absolute Gasteiger partial charge is 0.308 e. The van der Waals surface area contributed by atoms with Crippen LogP contribution >= 0.6 is 0 Å². The normalized spacial score (nSPS) is 10.3. The van der Waals surface area contributed by atoms with Gasteiger partial charge < -0.3 is 4.90 Å². The number of rotatable bonds is 7. The van der Waals surface area contributed by atoms with Gasteiger partial charge >= 0.3 is 0 Å². The van der Waals surface area contributed by atoms with Crippen LogP contribution in [-0.4, -0.2) is 5.91 Å². The van der Waals surface area contributed by atoms with E-state index < -0.39 is 0 Å². The average Bonchev–Trinajstić information content (AvgIpc) is 2.60. The van der Waals surface area contributed by atoms with Gasteiger partial charge in [-0.1, -0.05) is 69.0 Å². The van der Waals surface area contributed by atoms with Crippen molar-refractivity contribution >= 4 is 17.7 Å². The summed E-state index contributed by atoms with van der Waals surface area (Å²) in [4.78, 5) is 14.6. The van der Waals surface area contributed by atoms with Gasteiger partial charge in [-0.15, -0.1) is 0 Å². The third-order valence-electron chi connectivity index (χ3n) is 4.03. The molecule has 23 heavy (non-hydrogen) atoms. The third kappa shape index (κ3) is 4.10. The fraction of sp³-hybridized carbons (Fsp3) is 0.286. The smallest absolute Gasteiger partial charge is 0.227 e. The molecule has 0 spiro atoms. The van der Waals surface area contributed by atoms with Crippen molar-refractivity contribution in [1.29, 1.82) is 0 Å². The number of amides is 1.